The Morgan fingerprint density at radius 2 is 1.88 bits per heavy atom. The minimum atomic E-state index is -0.158. The zero-order valence-electron chi connectivity index (χ0n) is 13.9. The van der Waals surface area contributed by atoms with Gasteiger partial charge in [-0.1, -0.05) is 12.1 Å². The molecule has 5 heteroatoms. The summed E-state index contributed by atoms with van der Waals surface area (Å²) in [6, 6.07) is 15.3. The zero-order chi connectivity index (χ0) is 16.9. The van der Waals surface area contributed by atoms with Gasteiger partial charge >= 0.3 is 0 Å². The first kappa shape index (κ1) is 16.7. The van der Waals surface area contributed by atoms with Crippen molar-refractivity contribution < 1.29 is 14.3 Å². The highest BCUT2D eigenvalue weighted by Crippen LogP contribution is 2.31. The summed E-state index contributed by atoms with van der Waals surface area (Å²) in [7, 11) is 0. The molecule has 2 aromatic carbocycles. The topological polar surface area (TPSA) is 38.8 Å². The van der Waals surface area contributed by atoms with E-state index in [2.05, 4.69) is 0 Å². The fourth-order valence-corrected chi connectivity index (χ4v) is 3.08. The first-order valence-corrected chi connectivity index (χ1v) is 9.25. The number of carbonyl (C=O) groups is 1. The van der Waals surface area contributed by atoms with Crippen LogP contribution >= 0.6 is 11.8 Å². The van der Waals surface area contributed by atoms with Gasteiger partial charge in [0.05, 0.1) is 6.54 Å². The van der Waals surface area contributed by atoms with E-state index in [1.807, 2.05) is 61.7 Å². The molecule has 0 spiro atoms. The molecule has 0 bridgehead atoms. The highest BCUT2D eigenvalue weighted by Gasteiger charge is 2.25. The van der Waals surface area contributed by atoms with E-state index in [1.165, 1.54) is 0 Å². The Morgan fingerprint density at radius 3 is 2.54 bits per heavy atom. The Morgan fingerprint density at radius 1 is 1.17 bits per heavy atom. The molecule has 1 heterocycles. The molecule has 4 nitrogen and oxygen atoms in total. The second kappa shape index (κ2) is 7.62. The normalized spacial score (nSPS) is 15.8. The number of para-hydroxylation sites is 2. The highest BCUT2D eigenvalue weighted by molar-refractivity contribution is 7.98. The van der Waals surface area contributed by atoms with Crippen molar-refractivity contribution in [3.8, 4) is 11.5 Å². The molecule has 1 atom stereocenters. The summed E-state index contributed by atoms with van der Waals surface area (Å²) in [5.74, 6) is 1.52. The maximum absolute atomic E-state index is 12.7. The Hall–Kier alpha value is -2.14. The van der Waals surface area contributed by atoms with Crippen LogP contribution in [0.1, 0.15) is 17.3 Å². The first-order valence-electron chi connectivity index (χ1n) is 8.03. The highest BCUT2D eigenvalue weighted by atomic mass is 32.2. The van der Waals surface area contributed by atoms with Gasteiger partial charge in [0.1, 0.15) is 6.61 Å². The summed E-state index contributed by atoms with van der Waals surface area (Å²) >= 11 is 1.66. The fourth-order valence-electron chi connectivity index (χ4n) is 2.67. The zero-order valence-corrected chi connectivity index (χ0v) is 14.7. The summed E-state index contributed by atoms with van der Waals surface area (Å²) in [6.07, 6.45) is 1.86. The van der Waals surface area contributed by atoms with Crippen molar-refractivity contribution in [3.05, 3.63) is 54.1 Å². The number of ether oxygens (including phenoxy) is 2. The summed E-state index contributed by atoms with van der Waals surface area (Å²) in [5, 5.41) is 0. The molecule has 0 N–H and O–H groups in total. The summed E-state index contributed by atoms with van der Waals surface area (Å²) in [4.78, 5) is 15.7. The number of amides is 1. The van der Waals surface area contributed by atoms with Gasteiger partial charge in [-0.15, -0.1) is 11.8 Å². The number of rotatable bonds is 5. The Balaban J connectivity index is 1.67. The van der Waals surface area contributed by atoms with Crippen LogP contribution in [0.15, 0.2) is 53.4 Å². The standard InChI is InChI=1S/C19H21NO3S/c1-3-20(19(21)14-8-10-16(24-2)11-9-14)12-15-13-22-17-6-4-5-7-18(17)23-15/h4-11,15H,3,12-13H2,1-2H3. The maximum Gasteiger partial charge on any atom is 0.253 e. The van der Waals surface area contributed by atoms with Crippen molar-refractivity contribution in [2.75, 3.05) is 26.0 Å². The number of thioether (sulfide) groups is 1. The molecule has 24 heavy (non-hydrogen) atoms. The Kier molecular flexibility index (Phi) is 5.30. The molecule has 3 rings (SSSR count). The molecule has 126 valence electrons. The van der Waals surface area contributed by atoms with Crippen LogP contribution in [0.4, 0.5) is 0 Å². The van der Waals surface area contributed by atoms with E-state index in [-0.39, 0.29) is 12.0 Å². The number of hydrogen-bond donors (Lipinski definition) is 0. The SMILES string of the molecule is CCN(CC1COc2ccccc2O1)C(=O)c1ccc(SC)cc1. The minimum Gasteiger partial charge on any atom is -0.486 e. The van der Waals surface area contributed by atoms with Crippen molar-refractivity contribution in [1.29, 1.82) is 0 Å². The van der Waals surface area contributed by atoms with Gasteiger partial charge in [-0.3, -0.25) is 4.79 Å². The average Bonchev–Trinajstić information content (AvgIpc) is 2.65. The van der Waals surface area contributed by atoms with Crippen LogP contribution in [0.5, 0.6) is 11.5 Å². The average molecular weight is 343 g/mol. The van der Waals surface area contributed by atoms with E-state index < -0.39 is 0 Å². The smallest absolute Gasteiger partial charge is 0.253 e. The van der Waals surface area contributed by atoms with Crippen molar-refractivity contribution in [2.24, 2.45) is 0 Å². The van der Waals surface area contributed by atoms with Gasteiger partial charge in [0.2, 0.25) is 0 Å². The second-order valence-electron chi connectivity index (χ2n) is 5.57. The maximum atomic E-state index is 12.7. The van der Waals surface area contributed by atoms with E-state index >= 15 is 0 Å². The number of carbonyl (C=O) groups excluding carboxylic acids is 1. The second-order valence-corrected chi connectivity index (χ2v) is 6.45. The Labute approximate surface area is 146 Å². The van der Waals surface area contributed by atoms with Crippen LogP contribution < -0.4 is 9.47 Å². The van der Waals surface area contributed by atoms with Gasteiger partial charge < -0.3 is 14.4 Å². The third-order valence-electron chi connectivity index (χ3n) is 4.00. The van der Waals surface area contributed by atoms with Crippen LogP contribution in [-0.2, 0) is 0 Å². The van der Waals surface area contributed by atoms with Crippen molar-refractivity contribution in [1.82, 2.24) is 4.90 Å². The lowest BCUT2D eigenvalue weighted by Crippen LogP contribution is -2.43. The van der Waals surface area contributed by atoms with E-state index in [4.69, 9.17) is 9.47 Å². The van der Waals surface area contributed by atoms with Crippen molar-refractivity contribution >= 4 is 17.7 Å². The predicted octanol–water partition coefficient (Wildman–Crippen LogP) is 3.71. The number of hydrogen-bond acceptors (Lipinski definition) is 4. The third kappa shape index (κ3) is 3.67. The number of likely N-dealkylation sites (N-methyl/N-ethyl adjacent to an activating group) is 1. The molecule has 2 aromatic rings. The largest absolute Gasteiger partial charge is 0.486 e. The minimum absolute atomic E-state index is 0.0209. The molecule has 0 radical (unpaired) electrons. The van der Waals surface area contributed by atoms with E-state index in [0.29, 0.717) is 25.3 Å². The number of benzene rings is 2. The fraction of sp³-hybridized carbons (Fsp3) is 0.316. The molecule has 0 aliphatic carbocycles. The van der Waals surface area contributed by atoms with Crippen LogP contribution in [-0.4, -0.2) is 42.9 Å². The van der Waals surface area contributed by atoms with Crippen LogP contribution in [0.25, 0.3) is 0 Å². The van der Waals surface area contributed by atoms with Gasteiger partial charge in [0.15, 0.2) is 17.6 Å². The predicted molar refractivity (Wildman–Crippen MR) is 96.2 cm³/mol. The summed E-state index contributed by atoms with van der Waals surface area (Å²) < 4.78 is 11.7. The van der Waals surface area contributed by atoms with E-state index in [1.54, 1.807) is 16.7 Å². The summed E-state index contributed by atoms with van der Waals surface area (Å²) in [6.45, 7) is 3.57. The lowest BCUT2D eigenvalue weighted by Gasteiger charge is -2.31. The lowest BCUT2D eigenvalue weighted by atomic mass is 10.2. The molecule has 0 saturated carbocycles. The first-order chi connectivity index (χ1) is 11.7. The molecule has 0 fully saturated rings. The van der Waals surface area contributed by atoms with Gasteiger partial charge in [-0.2, -0.15) is 0 Å². The molecular formula is C19H21NO3S. The molecule has 0 saturated heterocycles. The number of fused-ring (bicyclic) bond motifs is 1. The third-order valence-corrected chi connectivity index (χ3v) is 4.74. The van der Waals surface area contributed by atoms with Gasteiger partial charge in [-0.25, -0.2) is 0 Å². The quantitative estimate of drug-likeness (QED) is 0.776. The van der Waals surface area contributed by atoms with Gasteiger partial charge in [0, 0.05) is 17.0 Å². The molecule has 1 aliphatic rings. The van der Waals surface area contributed by atoms with E-state index in [9.17, 15) is 4.79 Å². The van der Waals surface area contributed by atoms with Crippen LogP contribution in [0.2, 0.25) is 0 Å². The van der Waals surface area contributed by atoms with Crippen LogP contribution in [0.3, 0.4) is 0 Å². The monoisotopic (exact) mass is 343 g/mol. The van der Waals surface area contributed by atoms with Gasteiger partial charge in [0.25, 0.3) is 5.91 Å². The summed E-state index contributed by atoms with van der Waals surface area (Å²) in [5.41, 5.74) is 0.701. The van der Waals surface area contributed by atoms with Crippen molar-refractivity contribution in [3.63, 3.8) is 0 Å². The van der Waals surface area contributed by atoms with E-state index in [0.717, 1.165) is 16.4 Å². The molecule has 1 aliphatic heterocycles. The van der Waals surface area contributed by atoms with Crippen LogP contribution in [0, 0.1) is 0 Å². The molecule has 0 aromatic heterocycles. The Bertz CT molecular complexity index is 702. The molecular weight excluding hydrogens is 322 g/mol. The van der Waals surface area contributed by atoms with Gasteiger partial charge in [-0.05, 0) is 49.6 Å². The molecule has 1 unspecified atom stereocenters. The number of nitrogens with zero attached hydrogens (tertiary/aromatic N) is 1. The lowest BCUT2D eigenvalue weighted by molar-refractivity contribution is 0.0475. The molecule has 1 amide bonds. The van der Waals surface area contributed by atoms with Crippen molar-refractivity contribution in [2.45, 2.75) is 17.9 Å².